The summed E-state index contributed by atoms with van der Waals surface area (Å²) in [7, 11) is 0. The van der Waals surface area contributed by atoms with E-state index >= 15 is 0 Å². The van der Waals surface area contributed by atoms with E-state index in [9.17, 15) is 5.26 Å². The van der Waals surface area contributed by atoms with Crippen molar-refractivity contribution < 1.29 is 4.74 Å². The lowest BCUT2D eigenvalue weighted by Gasteiger charge is -2.46. The molecule has 1 heterocycles. The smallest absolute Gasteiger partial charge is 0.0757 e. The Morgan fingerprint density at radius 2 is 1.94 bits per heavy atom. The zero-order valence-corrected chi connectivity index (χ0v) is 12.0. The first-order chi connectivity index (χ1) is 8.52. The van der Waals surface area contributed by atoms with Gasteiger partial charge in [-0.15, -0.1) is 0 Å². The maximum absolute atomic E-state index is 9.41. The summed E-state index contributed by atoms with van der Waals surface area (Å²) in [5.74, 6) is 0.216. The molecule has 3 nitrogen and oxygen atoms in total. The molecule has 0 amide bonds. The van der Waals surface area contributed by atoms with Crippen molar-refractivity contribution in [2.24, 2.45) is 5.92 Å². The summed E-state index contributed by atoms with van der Waals surface area (Å²) >= 11 is 0. The van der Waals surface area contributed by atoms with Crippen LogP contribution in [-0.2, 0) is 4.74 Å². The molecule has 2 rings (SSSR count). The van der Waals surface area contributed by atoms with Crippen molar-refractivity contribution in [3.05, 3.63) is 0 Å². The third kappa shape index (κ3) is 3.24. The van der Waals surface area contributed by atoms with Gasteiger partial charge in [0, 0.05) is 19.1 Å². The minimum Gasteiger partial charge on any atom is -0.370 e. The second kappa shape index (κ2) is 5.59. The lowest BCUT2D eigenvalue weighted by molar-refractivity contribution is -0.141. The SMILES string of the molecule is CC1CN(C2CCCCCC2C#N)CC(C)(C)O1. The van der Waals surface area contributed by atoms with E-state index in [2.05, 4.69) is 31.7 Å². The van der Waals surface area contributed by atoms with E-state index in [4.69, 9.17) is 4.74 Å². The summed E-state index contributed by atoms with van der Waals surface area (Å²) in [6.45, 7) is 8.40. The van der Waals surface area contributed by atoms with Gasteiger partial charge in [0.05, 0.1) is 23.7 Å². The second-order valence-electron chi connectivity index (χ2n) is 6.56. The Labute approximate surface area is 111 Å². The number of ether oxygens (including phenoxy) is 1. The van der Waals surface area contributed by atoms with E-state index in [1.54, 1.807) is 0 Å². The van der Waals surface area contributed by atoms with Gasteiger partial charge in [-0.2, -0.15) is 5.26 Å². The normalized spacial score (nSPS) is 37.8. The molecule has 3 heteroatoms. The van der Waals surface area contributed by atoms with Crippen LogP contribution in [0.4, 0.5) is 0 Å². The lowest BCUT2D eigenvalue weighted by atomic mass is 9.92. The molecule has 0 aromatic rings. The van der Waals surface area contributed by atoms with Crippen molar-refractivity contribution in [1.82, 2.24) is 4.90 Å². The fourth-order valence-corrected chi connectivity index (χ4v) is 3.63. The molecule has 0 N–H and O–H groups in total. The van der Waals surface area contributed by atoms with E-state index in [0.717, 1.165) is 19.5 Å². The van der Waals surface area contributed by atoms with Gasteiger partial charge in [-0.3, -0.25) is 4.90 Å². The summed E-state index contributed by atoms with van der Waals surface area (Å²) in [6.07, 6.45) is 6.32. The average Bonchev–Trinajstić information content (AvgIpc) is 2.50. The summed E-state index contributed by atoms with van der Waals surface area (Å²) in [6, 6.07) is 3.00. The molecule has 1 aliphatic carbocycles. The van der Waals surface area contributed by atoms with Crippen LogP contribution in [0, 0.1) is 17.2 Å². The van der Waals surface area contributed by atoms with Crippen LogP contribution in [0.5, 0.6) is 0 Å². The third-order valence-corrected chi connectivity index (χ3v) is 4.21. The average molecular weight is 250 g/mol. The molecule has 2 fully saturated rings. The summed E-state index contributed by atoms with van der Waals surface area (Å²) in [5, 5.41) is 9.41. The van der Waals surface area contributed by atoms with Crippen molar-refractivity contribution in [3.8, 4) is 6.07 Å². The van der Waals surface area contributed by atoms with Crippen molar-refractivity contribution in [2.75, 3.05) is 13.1 Å². The van der Waals surface area contributed by atoms with E-state index in [0.29, 0.717) is 6.04 Å². The zero-order chi connectivity index (χ0) is 13.2. The molecule has 0 bridgehead atoms. The van der Waals surface area contributed by atoms with Gasteiger partial charge >= 0.3 is 0 Å². The Balaban J connectivity index is 2.10. The minimum absolute atomic E-state index is 0.0794. The van der Waals surface area contributed by atoms with Crippen molar-refractivity contribution >= 4 is 0 Å². The molecule has 1 aliphatic heterocycles. The number of morpholine rings is 1. The Hall–Kier alpha value is -0.590. The van der Waals surface area contributed by atoms with E-state index in [-0.39, 0.29) is 17.6 Å². The Bertz CT molecular complexity index is 321. The molecule has 18 heavy (non-hydrogen) atoms. The van der Waals surface area contributed by atoms with Crippen LogP contribution in [0.25, 0.3) is 0 Å². The fraction of sp³-hybridized carbons (Fsp3) is 0.933. The highest BCUT2D eigenvalue weighted by atomic mass is 16.5. The molecular formula is C15H26N2O. The fourth-order valence-electron chi connectivity index (χ4n) is 3.63. The first-order valence-electron chi connectivity index (χ1n) is 7.33. The van der Waals surface area contributed by atoms with Gasteiger partial charge in [-0.1, -0.05) is 19.3 Å². The predicted molar refractivity (Wildman–Crippen MR) is 72.2 cm³/mol. The Kier molecular flexibility index (Phi) is 4.29. The van der Waals surface area contributed by atoms with Gasteiger partial charge < -0.3 is 4.74 Å². The predicted octanol–water partition coefficient (Wildman–Crippen LogP) is 2.96. The van der Waals surface area contributed by atoms with Crippen LogP contribution >= 0.6 is 0 Å². The standard InChI is InChI=1S/C15H26N2O/c1-12-10-17(11-15(2,3)18-12)14-8-6-4-5-7-13(14)9-16/h12-14H,4-8,10-11H2,1-3H3. The lowest BCUT2D eigenvalue weighted by Crippen LogP contribution is -2.56. The van der Waals surface area contributed by atoms with E-state index in [1.165, 1.54) is 25.7 Å². The summed E-state index contributed by atoms with van der Waals surface area (Å²) in [4.78, 5) is 2.52. The van der Waals surface area contributed by atoms with Gasteiger partial charge in [-0.05, 0) is 33.6 Å². The number of rotatable bonds is 1. The van der Waals surface area contributed by atoms with Crippen molar-refractivity contribution in [1.29, 1.82) is 5.26 Å². The van der Waals surface area contributed by atoms with Crippen LogP contribution in [0.2, 0.25) is 0 Å². The van der Waals surface area contributed by atoms with Crippen molar-refractivity contribution in [3.63, 3.8) is 0 Å². The molecular weight excluding hydrogens is 224 g/mol. The van der Waals surface area contributed by atoms with Crippen LogP contribution in [0.1, 0.15) is 52.9 Å². The number of nitriles is 1. The molecule has 1 saturated carbocycles. The number of hydrogen-bond donors (Lipinski definition) is 0. The van der Waals surface area contributed by atoms with E-state index < -0.39 is 0 Å². The molecule has 1 saturated heterocycles. The van der Waals surface area contributed by atoms with E-state index in [1.807, 2.05) is 0 Å². The second-order valence-corrected chi connectivity index (χ2v) is 6.56. The van der Waals surface area contributed by atoms with Crippen LogP contribution < -0.4 is 0 Å². The Morgan fingerprint density at radius 1 is 1.22 bits per heavy atom. The minimum atomic E-state index is -0.0794. The van der Waals surface area contributed by atoms with Gasteiger partial charge in [0.2, 0.25) is 0 Å². The number of hydrogen-bond acceptors (Lipinski definition) is 3. The molecule has 0 spiro atoms. The highest BCUT2D eigenvalue weighted by molar-refractivity contribution is 4.97. The highest BCUT2D eigenvalue weighted by Gasteiger charge is 2.37. The van der Waals surface area contributed by atoms with Crippen LogP contribution in [-0.4, -0.2) is 35.7 Å². The van der Waals surface area contributed by atoms with Gasteiger partial charge in [0.15, 0.2) is 0 Å². The van der Waals surface area contributed by atoms with Crippen molar-refractivity contribution in [2.45, 2.75) is 70.6 Å². The monoisotopic (exact) mass is 250 g/mol. The highest BCUT2D eigenvalue weighted by Crippen LogP contribution is 2.31. The molecule has 3 unspecified atom stereocenters. The summed E-state index contributed by atoms with van der Waals surface area (Å²) in [5.41, 5.74) is -0.0794. The molecule has 102 valence electrons. The Morgan fingerprint density at radius 3 is 2.61 bits per heavy atom. The first-order valence-corrected chi connectivity index (χ1v) is 7.33. The molecule has 0 radical (unpaired) electrons. The maximum atomic E-state index is 9.41. The topological polar surface area (TPSA) is 36.3 Å². The molecule has 2 aliphatic rings. The van der Waals surface area contributed by atoms with Crippen LogP contribution in [0.15, 0.2) is 0 Å². The van der Waals surface area contributed by atoms with Gasteiger partial charge in [0.25, 0.3) is 0 Å². The maximum Gasteiger partial charge on any atom is 0.0757 e. The third-order valence-electron chi connectivity index (χ3n) is 4.21. The largest absolute Gasteiger partial charge is 0.370 e. The molecule has 0 aromatic heterocycles. The number of nitrogens with zero attached hydrogens (tertiary/aromatic N) is 2. The molecule has 3 atom stereocenters. The van der Waals surface area contributed by atoms with Gasteiger partial charge in [-0.25, -0.2) is 0 Å². The van der Waals surface area contributed by atoms with Gasteiger partial charge in [0.1, 0.15) is 0 Å². The first kappa shape index (κ1) is 13.8. The summed E-state index contributed by atoms with van der Waals surface area (Å²) < 4.78 is 5.97. The zero-order valence-electron chi connectivity index (χ0n) is 12.0. The quantitative estimate of drug-likeness (QED) is 0.671. The molecule has 0 aromatic carbocycles. The van der Waals surface area contributed by atoms with Crippen LogP contribution in [0.3, 0.4) is 0 Å².